The summed E-state index contributed by atoms with van der Waals surface area (Å²) >= 11 is 6.16. The maximum atomic E-state index is 13.5. The number of nitrogens with one attached hydrogen (secondary N) is 1. The first-order valence-corrected chi connectivity index (χ1v) is 12.7. The number of methoxy groups -OCH3 is 1. The monoisotopic (exact) mass is 522 g/mol. The SMILES string of the molecule is COc1cccc(N(CC(=O)Nc2cc(Cl)ccc2Oc2ccccc2)S(=O)(=O)c2ccccc2)c1. The van der Waals surface area contributed by atoms with Gasteiger partial charge in [-0.2, -0.15) is 0 Å². The molecule has 1 N–H and O–H groups in total. The molecule has 0 atom stereocenters. The molecular formula is C27H23ClN2O5S. The number of rotatable bonds is 9. The van der Waals surface area contributed by atoms with Gasteiger partial charge in [-0.25, -0.2) is 8.42 Å². The Morgan fingerprint density at radius 1 is 0.861 bits per heavy atom. The fourth-order valence-corrected chi connectivity index (χ4v) is 5.03. The largest absolute Gasteiger partial charge is 0.497 e. The molecule has 4 rings (SSSR count). The van der Waals surface area contributed by atoms with Gasteiger partial charge in [-0.05, 0) is 54.6 Å². The zero-order chi connectivity index (χ0) is 25.5. The number of para-hydroxylation sites is 1. The standard InChI is InChI=1S/C27H23ClN2O5S/c1-34-23-12-8-9-21(18-23)30(36(32,33)24-13-6-3-7-14-24)19-27(31)29-25-17-20(28)15-16-26(25)35-22-10-4-2-5-11-22/h2-18H,19H2,1H3,(H,29,31). The highest BCUT2D eigenvalue weighted by molar-refractivity contribution is 7.92. The minimum absolute atomic E-state index is 0.0523. The highest BCUT2D eigenvalue weighted by Crippen LogP contribution is 2.33. The molecule has 0 saturated carbocycles. The number of ether oxygens (including phenoxy) is 2. The minimum atomic E-state index is -4.07. The lowest BCUT2D eigenvalue weighted by Gasteiger charge is -2.24. The van der Waals surface area contributed by atoms with E-state index in [0.717, 1.165) is 4.31 Å². The molecule has 36 heavy (non-hydrogen) atoms. The number of carbonyl (C=O) groups is 1. The number of hydrogen-bond acceptors (Lipinski definition) is 5. The van der Waals surface area contributed by atoms with Crippen molar-refractivity contribution in [3.05, 3.63) is 108 Å². The molecule has 0 heterocycles. The highest BCUT2D eigenvalue weighted by Gasteiger charge is 2.28. The molecule has 0 aliphatic heterocycles. The predicted molar refractivity (Wildman–Crippen MR) is 141 cm³/mol. The minimum Gasteiger partial charge on any atom is -0.497 e. The van der Waals surface area contributed by atoms with Gasteiger partial charge in [-0.1, -0.05) is 54.1 Å². The van der Waals surface area contributed by atoms with Crippen molar-refractivity contribution < 1.29 is 22.7 Å². The highest BCUT2D eigenvalue weighted by atomic mass is 35.5. The molecule has 0 aliphatic rings. The van der Waals surface area contributed by atoms with Crippen LogP contribution in [-0.4, -0.2) is 28.0 Å². The van der Waals surface area contributed by atoms with Crippen molar-refractivity contribution in [1.82, 2.24) is 0 Å². The number of sulfonamides is 1. The van der Waals surface area contributed by atoms with E-state index in [1.165, 1.54) is 19.2 Å². The summed E-state index contributed by atoms with van der Waals surface area (Å²) in [5.74, 6) is 0.796. The Balaban J connectivity index is 1.65. The van der Waals surface area contributed by atoms with Gasteiger partial charge in [0.1, 0.15) is 18.0 Å². The van der Waals surface area contributed by atoms with Gasteiger partial charge in [0, 0.05) is 11.1 Å². The second kappa shape index (κ2) is 11.2. The van der Waals surface area contributed by atoms with Crippen molar-refractivity contribution >= 4 is 38.9 Å². The summed E-state index contributed by atoms with van der Waals surface area (Å²) in [4.78, 5) is 13.2. The molecule has 0 radical (unpaired) electrons. The van der Waals surface area contributed by atoms with Gasteiger partial charge in [0.15, 0.2) is 5.75 Å². The lowest BCUT2D eigenvalue weighted by Crippen LogP contribution is -2.38. The molecule has 4 aromatic rings. The van der Waals surface area contributed by atoms with E-state index in [0.29, 0.717) is 28.0 Å². The summed E-state index contributed by atoms with van der Waals surface area (Å²) in [5.41, 5.74) is 0.583. The Morgan fingerprint density at radius 3 is 2.22 bits per heavy atom. The van der Waals surface area contributed by atoms with Crippen LogP contribution in [0.15, 0.2) is 108 Å². The van der Waals surface area contributed by atoms with Crippen molar-refractivity contribution in [3.63, 3.8) is 0 Å². The van der Waals surface area contributed by atoms with Gasteiger partial charge >= 0.3 is 0 Å². The number of carbonyl (C=O) groups excluding carboxylic acids is 1. The molecule has 0 aliphatic carbocycles. The van der Waals surface area contributed by atoms with E-state index in [-0.39, 0.29) is 10.6 Å². The lowest BCUT2D eigenvalue weighted by atomic mass is 10.2. The number of hydrogen-bond donors (Lipinski definition) is 1. The first-order valence-electron chi connectivity index (χ1n) is 10.9. The Bertz CT molecular complexity index is 1450. The van der Waals surface area contributed by atoms with Gasteiger partial charge in [0.2, 0.25) is 5.91 Å². The fourth-order valence-electron chi connectivity index (χ4n) is 3.42. The maximum absolute atomic E-state index is 13.5. The van der Waals surface area contributed by atoms with Gasteiger partial charge in [-0.15, -0.1) is 0 Å². The van der Waals surface area contributed by atoms with Crippen molar-refractivity contribution in [2.75, 3.05) is 23.3 Å². The molecule has 0 spiro atoms. The van der Waals surface area contributed by atoms with E-state index in [9.17, 15) is 13.2 Å². The number of nitrogens with zero attached hydrogens (tertiary/aromatic N) is 1. The number of benzene rings is 4. The van der Waals surface area contributed by atoms with Gasteiger partial charge in [0.25, 0.3) is 10.0 Å². The van der Waals surface area contributed by atoms with E-state index >= 15 is 0 Å². The fraction of sp³-hybridized carbons (Fsp3) is 0.0741. The van der Waals surface area contributed by atoms with Crippen LogP contribution in [0.3, 0.4) is 0 Å². The summed E-state index contributed by atoms with van der Waals surface area (Å²) in [5, 5.41) is 3.12. The second-order valence-electron chi connectivity index (χ2n) is 7.63. The van der Waals surface area contributed by atoms with Crippen LogP contribution in [0.5, 0.6) is 17.2 Å². The normalized spacial score (nSPS) is 10.9. The van der Waals surface area contributed by atoms with Crippen molar-refractivity contribution in [1.29, 1.82) is 0 Å². The van der Waals surface area contributed by atoms with Crippen LogP contribution in [-0.2, 0) is 14.8 Å². The van der Waals surface area contributed by atoms with E-state index in [4.69, 9.17) is 21.1 Å². The third-order valence-electron chi connectivity index (χ3n) is 5.15. The number of anilines is 2. The average molecular weight is 523 g/mol. The van der Waals surface area contributed by atoms with Crippen LogP contribution in [0.2, 0.25) is 5.02 Å². The van der Waals surface area contributed by atoms with Crippen LogP contribution < -0.4 is 19.1 Å². The Kier molecular flexibility index (Phi) is 7.77. The quantitative estimate of drug-likeness (QED) is 0.292. The van der Waals surface area contributed by atoms with E-state index in [1.807, 2.05) is 18.2 Å². The van der Waals surface area contributed by atoms with Gasteiger partial charge in [0.05, 0.1) is 23.4 Å². The van der Waals surface area contributed by atoms with Gasteiger partial charge in [-0.3, -0.25) is 9.10 Å². The molecule has 0 bridgehead atoms. The number of halogens is 1. The zero-order valence-electron chi connectivity index (χ0n) is 19.3. The van der Waals surface area contributed by atoms with Crippen LogP contribution in [0.1, 0.15) is 0 Å². The molecular weight excluding hydrogens is 500 g/mol. The third-order valence-corrected chi connectivity index (χ3v) is 7.17. The maximum Gasteiger partial charge on any atom is 0.264 e. The molecule has 184 valence electrons. The van der Waals surface area contributed by atoms with Gasteiger partial charge < -0.3 is 14.8 Å². The molecule has 7 nitrogen and oxygen atoms in total. The first-order chi connectivity index (χ1) is 17.4. The summed E-state index contributed by atoms with van der Waals surface area (Å²) in [6.07, 6.45) is 0. The summed E-state index contributed by atoms with van der Waals surface area (Å²) in [7, 11) is -2.59. The molecule has 9 heteroatoms. The molecule has 1 amide bonds. The molecule has 4 aromatic carbocycles. The summed E-state index contributed by atoms with van der Waals surface area (Å²) in [6, 6.07) is 28.3. The van der Waals surface area contributed by atoms with Crippen LogP contribution in [0.4, 0.5) is 11.4 Å². The average Bonchev–Trinajstić information content (AvgIpc) is 2.90. The molecule has 0 saturated heterocycles. The van der Waals surface area contributed by atoms with Crippen LogP contribution in [0.25, 0.3) is 0 Å². The Morgan fingerprint density at radius 2 is 1.53 bits per heavy atom. The zero-order valence-corrected chi connectivity index (χ0v) is 20.9. The first kappa shape index (κ1) is 25.1. The summed E-state index contributed by atoms with van der Waals surface area (Å²) < 4.78 is 39.3. The third kappa shape index (κ3) is 5.97. The lowest BCUT2D eigenvalue weighted by molar-refractivity contribution is -0.114. The van der Waals surface area contributed by atoms with Crippen molar-refractivity contribution in [2.45, 2.75) is 4.90 Å². The van der Waals surface area contributed by atoms with E-state index < -0.39 is 22.5 Å². The second-order valence-corrected chi connectivity index (χ2v) is 9.93. The molecule has 0 fully saturated rings. The van der Waals surface area contributed by atoms with Crippen molar-refractivity contribution in [3.8, 4) is 17.2 Å². The Labute approximate surface area is 214 Å². The summed E-state index contributed by atoms with van der Waals surface area (Å²) in [6.45, 7) is -0.498. The predicted octanol–water partition coefficient (Wildman–Crippen LogP) is 5.97. The number of amides is 1. The van der Waals surface area contributed by atoms with Crippen LogP contribution >= 0.6 is 11.6 Å². The van der Waals surface area contributed by atoms with Crippen molar-refractivity contribution in [2.24, 2.45) is 0 Å². The molecule has 0 aromatic heterocycles. The van der Waals surface area contributed by atoms with E-state index in [1.54, 1.807) is 72.8 Å². The van der Waals surface area contributed by atoms with Crippen LogP contribution in [0, 0.1) is 0 Å². The Hall–Kier alpha value is -4.01. The molecule has 0 unspecified atom stereocenters. The van der Waals surface area contributed by atoms with E-state index in [2.05, 4.69) is 5.32 Å². The topological polar surface area (TPSA) is 84.9 Å². The smallest absolute Gasteiger partial charge is 0.264 e.